The molecule has 0 aliphatic heterocycles. The fraction of sp³-hybridized carbons (Fsp3) is 0.481. The minimum Gasteiger partial charge on any atom is -0.359 e. The molecule has 1 heterocycles. The van der Waals surface area contributed by atoms with Crippen molar-refractivity contribution in [2.24, 2.45) is 11.8 Å². The molecule has 2 atom stereocenters. The normalized spacial score (nSPS) is 13.6. The van der Waals surface area contributed by atoms with Gasteiger partial charge in [-0.05, 0) is 29.1 Å². The molecule has 0 aliphatic carbocycles. The van der Waals surface area contributed by atoms with Crippen molar-refractivity contribution in [3.8, 4) is 0 Å². The minimum atomic E-state index is -0.721. The van der Waals surface area contributed by atoms with Crippen molar-refractivity contribution in [2.45, 2.75) is 71.7 Å². The predicted molar refractivity (Wildman–Crippen MR) is 140 cm³/mol. The van der Waals surface area contributed by atoms with Gasteiger partial charge in [-0.15, -0.1) is 0 Å². The molecule has 7 heteroatoms. The molecule has 0 bridgehead atoms. The van der Waals surface area contributed by atoms with Gasteiger partial charge in [0.15, 0.2) is 7.28 Å². The molecule has 0 saturated carbocycles. The summed E-state index contributed by atoms with van der Waals surface area (Å²) in [7, 11) is 0.816. The molecule has 2 aromatic rings. The van der Waals surface area contributed by atoms with Gasteiger partial charge >= 0.3 is 0 Å². The fourth-order valence-electron chi connectivity index (χ4n) is 3.93. The summed E-state index contributed by atoms with van der Waals surface area (Å²) in [4.78, 5) is 34.3. The molecular formula is C27H39BN4O2. The number of nitrogens with zero attached hydrogens (tertiary/aromatic N) is 2. The van der Waals surface area contributed by atoms with E-state index in [0.29, 0.717) is 18.3 Å². The molecule has 0 fully saturated rings. The van der Waals surface area contributed by atoms with Crippen molar-refractivity contribution >= 4 is 19.1 Å². The van der Waals surface area contributed by atoms with Crippen LogP contribution in [0.3, 0.4) is 0 Å². The number of hydrogen-bond acceptors (Lipinski definition) is 4. The number of allylic oxidation sites excluding steroid dienone is 2. The smallest absolute Gasteiger partial charge is 0.272 e. The maximum absolute atomic E-state index is 13.5. The minimum absolute atomic E-state index is 0.00833. The Morgan fingerprint density at radius 3 is 2.35 bits per heavy atom. The molecule has 0 unspecified atom stereocenters. The Hall–Kier alpha value is -2.96. The number of aromatic nitrogens is 2. The van der Waals surface area contributed by atoms with Crippen molar-refractivity contribution in [2.75, 3.05) is 0 Å². The molecule has 6 nitrogen and oxygen atoms in total. The molecule has 182 valence electrons. The van der Waals surface area contributed by atoms with Crippen molar-refractivity contribution in [1.82, 2.24) is 20.6 Å². The lowest BCUT2D eigenvalue weighted by molar-refractivity contribution is -0.123. The first-order valence-electron chi connectivity index (χ1n) is 12.2. The molecule has 1 aromatic heterocycles. The summed E-state index contributed by atoms with van der Waals surface area (Å²) in [5.74, 6) is 0.298. The van der Waals surface area contributed by atoms with Crippen LogP contribution in [0.4, 0.5) is 0 Å². The van der Waals surface area contributed by atoms with Crippen LogP contribution in [0.1, 0.15) is 64.0 Å². The van der Waals surface area contributed by atoms with Gasteiger partial charge in [-0.1, -0.05) is 84.0 Å². The summed E-state index contributed by atoms with van der Waals surface area (Å²) < 4.78 is 0. The van der Waals surface area contributed by atoms with E-state index in [9.17, 15) is 9.59 Å². The highest BCUT2D eigenvalue weighted by molar-refractivity contribution is 6.43. The molecule has 0 radical (unpaired) electrons. The first-order chi connectivity index (χ1) is 16.1. The average molecular weight is 462 g/mol. The van der Waals surface area contributed by atoms with Gasteiger partial charge in [-0.3, -0.25) is 14.6 Å². The Kier molecular flexibility index (Phi) is 10.5. The lowest BCUT2D eigenvalue weighted by atomic mass is 9.48. The Balaban J connectivity index is 2.21. The number of carbonyl (C=O) groups is 2. The van der Waals surface area contributed by atoms with E-state index in [1.54, 1.807) is 0 Å². The third-order valence-corrected chi connectivity index (χ3v) is 5.51. The van der Waals surface area contributed by atoms with Gasteiger partial charge in [0.05, 0.1) is 6.20 Å². The average Bonchev–Trinajstić information content (AvgIpc) is 2.78. The van der Waals surface area contributed by atoms with E-state index in [4.69, 9.17) is 0 Å². The van der Waals surface area contributed by atoms with Crippen LogP contribution in [0.25, 0.3) is 0 Å². The summed E-state index contributed by atoms with van der Waals surface area (Å²) in [6.07, 6.45) is 10.1. The molecule has 1 aromatic carbocycles. The maximum atomic E-state index is 13.5. The van der Waals surface area contributed by atoms with E-state index in [1.807, 2.05) is 30.3 Å². The SMILES string of the molecule is CC(C)C=CC(C)(C)B[C@H](CC(C)C)NC(=O)[C@H](Cc1ccccc1)NC(=O)c1cnccn1. The number of carbonyl (C=O) groups excluding carboxylic acids is 2. The van der Waals surface area contributed by atoms with Crippen LogP contribution in [0.2, 0.25) is 5.31 Å². The number of hydrogen-bond donors (Lipinski definition) is 2. The zero-order valence-electron chi connectivity index (χ0n) is 21.4. The molecule has 2 N–H and O–H groups in total. The summed E-state index contributed by atoms with van der Waals surface area (Å²) in [6.45, 7) is 13.0. The van der Waals surface area contributed by atoms with Gasteiger partial charge in [0.2, 0.25) is 5.91 Å². The molecule has 0 saturated heterocycles. The van der Waals surface area contributed by atoms with Crippen LogP contribution >= 0.6 is 0 Å². The molecule has 34 heavy (non-hydrogen) atoms. The van der Waals surface area contributed by atoms with Crippen LogP contribution in [-0.4, -0.2) is 41.0 Å². The van der Waals surface area contributed by atoms with E-state index < -0.39 is 11.9 Å². The summed E-state index contributed by atoms with van der Waals surface area (Å²) in [6, 6.07) is 8.99. The molecule has 2 amide bonds. The first-order valence-corrected chi connectivity index (χ1v) is 12.2. The molecule has 0 spiro atoms. The third kappa shape index (κ3) is 9.90. The van der Waals surface area contributed by atoms with Gasteiger partial charge < -0.3 is 10.6 Å². The van der Waals surface area contributed by atoms with Crippen molar-refractivity contribution in [3.63, 3.8) is 0 Å². The van der Waals surface area contributed by atoms with Gasteiger partial charge in [-0.2, -0.15) is 0 Å². The Morgan fingerprint density at radius 2 is 1.76 bits per heavy atom. The highest BCUT2D eigenvalue weighted by Gasteiger charge is 2.29. The van der Waals surface area contributed by atoms with Crippen LogP contribution in [0, 0.1) is 11.8 Å². The standard InChI is InChI=1S/C27H39BN4O2/c1-19(2)12-13-27(5,6)28-24(16-20(3)4)32-25(33)22(17-21-10-8-7-9-11-21)31-26(34)23-18-29-14-15-30-23/h7-15,18-20,22,24,28H,16-17H2,1-6H3,(H,31,34)(H,32,33)/t22-,24-/m0/s1. The van der Waals surface area contributed by atoms with E-state index in [2.05, 4.69) is 74.3 Å². The lowest BCUT2D eigenvalue weighted by Crippen LogP contribution is -2.53. The zero-order valence-corrected chi connectivity index (χ0v) is 21.4. The Morgan fingerprint density at radius 1 is 1.06 bits per heavy atom. The summed E-state index contributed by atoms with van der Waals surface area (Å²) >= 11 is 0. The van der Waals surface area contributed by atoms with Gasteiger partial charge in [0, 0.05) is 24.8 Å². The lowest BCUT2D eigenvalue weighted by Gasteiger charge is -2.29. The third-order valence-electron chi connectivity index (χ3n) is 5.51. The second kappa shape index (κ2) is 13.1. The second-order valence-corrected chi connectivity index (χ2v) is 10.4. The summed E-state index contributed by atoms with van der Waals surface area (Å²) in [5, 5.41) is 6.06. The number of rotatable bonds is 12. The number of benzene rings is 1. The van der Waals surface area contributed by atoms with E-state index in [0.717, 1.165) is 19.3 Å². The quantitative estimate of drug-likeness (QED) is 0.367. The van der Waals surface area contributed by atoms with Crippen molar-refractivity contribution < 1.29 is 9.59 Å². The van der Waals surface area contributed by atoms with Crippen LogP contribution in [-0.2, 0) is 11.2 Å². The Bertz CT molecular complexity index is 930. The van der Waals surface area contributed by atoms with Gasteiger partial charge in [0.1, 0.15) is 11.7 Å². The monoisotopic (exact) mass is 462 g/mol. The van der Waals surface area contributed by atoms with Crippen molar-refractivity contribution in [3.05, 3.63) is 72.3 Å². The highest BCUT2D eigenvalue weighted by Crippen LogP contribution is 2.27. The second-order valence-electron chi connectivity index (χ2n) is 10.4. The molecular weight excluding hydrogens is 423 g/mol. The molecule has 0 aliphatic rings. The first kappa shape index (κ1) is 27.3. The van der Waals surface area contributed by atoms with Crippen LogP contribution in [0.5, 0.6) is 0 Å². The van der Waals surface area contributed by atoms with E-state index in [1.165, 1.54) is 18.6 Å². The maximum Gasteiger partial charge on any atom is 0.272 e. The number of nitrogens with one attached hydrogen (secondary N) is 2. The largest absolute Gasteiger partial charge is 0.359 e. The van der Waals surface area contributed by atoms with Crippen molar-refractivity contribution in [1.29, 1.82) is 0 Å². The molecule has 2 rings (SSSR count). The van der Waals surface area contributed by atoms with E-state index in [-0.39, 0.29) is 22.9 Å². The zero-order chi connectivity index (χ0) is 25.1. The van der Waals surface area contributed by atoms with Crippen LogP contribution < -0.4 is 10.6 Å². The fourth-order valence-corrected chi connectivity index (χ4v) is 3.93. The van der Waals surface area contributed by atoms with Gasteiger partial charge in [0.25, 0.3) is 5.91 Å². The van der Waals surface area contributed by atoms with Crippen LogP contribution in [0.15, 0.2) is 61.1 Å². The predicted octanol–water partition coefficient (Wildman–Crippen LogP) is 4.15. The highest BCUT2D eigenvalue weighted by atomic mass is 16.2. The summed E-state index contributed by atoms with van der Waals surface area (Å²) in [5.41, 5.74) is 1.16. The number of amides is 2. The topological polar surface area (TPSA) is 84.0 Å². The van der Waals surface area contributed by atoms with Gasteiger partial charge in [-0.25, -0.2) is 4.98 Å². The Labute approximate surface area is 205 Å². The van der Waals surface area contributed by atoms with E-state index >= 15 is 0 Å².